The van der Waals surface area contributed by atoms with E-state index in [1.807, 2.05) is 65.2 Å². The number of pyridine rings is 1. The highest BCUT2D eigenvalue weighted by molar-refractivity contribution is 6.01. The quantitative estimate of drug-likeness (QED) is 0.684. The van der Waals surface area contributed by atoms with E-state index in [-0.39, 0.29) is 11.8 Å². The zero-order valence-electron chi connectivity index (χ0n) is 17.3. The Morgan fingerprint density at radius 3 is 2.60 bits per heavy atom. The predicted octanol–water partition coefficient (Wildman–Crippen LogP) is 3.03. The molecule has 1 aliphatic heterocycles. The van der Waals surface area contributed by atoms with Crippen LogP contribution >= 0.6 is 0 Å². The molecule has 1 N–H and O–H groups in total. The zero-order valence-corrected chi connectivity index (χ0v) is 17.3. The number of rotatable bonds is 6. The first-order chi connectivity index (χ1) is 14.6. The molecule has 0 atom stereocenters. The maximum absolute atomic E-state index is 12.5. The van der Waals surface area contributed by atoms with Crippen molar-refractivity contribution in [3.05, 3.63) is 54.9 Å². The third kappa shape index (κ3) is 4.45. The van der Waals surface area contributed by atoms with Gasteiger partial charge in [-0.1, -0.05) is 12.1 Å². The van der Waals surface area contributed by atoms with Gasteiger partial charge in [0.25, 0.3) is 0 Å². The molecule has 0 unspecified atom stereocenters. The molecule has 3 heterocycles. The molecule has 1 aromatic carbocycles. The van der Waals surface area contributed by atoms with Gasteiger partial charge in [0.15, 0.2) is 0 Å². The number of hydrogen-bond acceptors (Lipinski definition) is 4. The summed E-state index contributed by atoms with van der Waals surface area (Å²) in [5, 5.41) is 4.01. The lowest BCUT2D eigenvalue weighted by molar-refractivity contribution is -0.131. The van der Waals surface area contributed by atoms with Crippen molar-refractivity contribution in [3.63, 3.8) is 0 Å². The van der Waals surface area contributed by atoms with Crippen LogP contribution in [0, 0.1) is 0 Å². The van der Waals surface area contributed by atoms with E-state index in [4.69, 9.17) is 0 Å². The number of anilines is 2. The van der Waals surface area contributed by atoms with E-state index in [0.29, 0.717) is 32.4 Å². The fraction of sp³-hybridized carbons (Fsp3) is 0.348. The minimum Gasteiger partial charge on any atom is -0.353 e. The summed E-state index contributed by atoms with van der Waals surface area (Å²) in [6.07, 6.45) is 5.05. The van der Waals surface area contributed by atoms with Crippen LogP contribution < -0.4 is 10.2 Å². The van der Waals surface area contributed by atoms with Crippen molar-refractivity contribution >= 4 is 34.2 Å². The Morgan fingerprint density at radius 1 is 1.00 bits per heavy atom. The molecular weight excluding hydrogens is 378 g/mol. The van der Waals surface area contributed by atoms with Gasteiger partial charge in [0.2, 0.25) is 11.8 Å². The molecule has 0 saturated carbocycles. The van der Waals surface area contributed by atoms with E-state index in [0.717, 1.165) is 35.5 Å². The molecule has 7 heteroatoms. The highest BCUT2D eigenvalue weighted by Gasteiger charge is 2.21. The number of nitrogens with one attached hydrogen (secondary N) is 1. The fourth-order valence-electron chi connectivity index (χ4n) is 3.91. The summed E-state index contributed by atoms with van der Waals surface area (Å²) in [4.78, 5) is 33.3. The lowest BCUT2D eigenvalue weighted by atomic mass is 10.1. The molecule has 0 radical (unpaired) electrons. The average Bonchev–Trinajstić information content (AvgIpc) is 3.16. The van der Waals surface area contributed by atoms with Crippen LogP contribution in [0.25, 0.3) is 10.9 Å². The predicted molar refractivity (Wildman–Crippen MR) is 118 cm³/mol. The summed E-state index contributed by atoms with van der Waals surface area (Å²) in [7, 11) is 1.98. The first-order valence-electron chi connectivity index (χ1n) is 10.4. The van der Waals surface area contributed by atoms with Gasteiger partial charge in [0.05, 0.1) is 5.69 Å². The number of fused-ring (bicyclic) bond motifs is 1. The van der Waals surface area contributed by atoms with Gasteiger partial charge in [-0.3, -0.25) is 9.59 Å². The van der Waals surface area contributed by atoms with Crippen molar-refractivity contribution in [1.29, 1.82) is 0 Å². The number of nitrogens with zero attached hydrogens (tertiary/aromatic N) is 4. The van der Waals surface area contributed by atoms with Crippen LogP contribution in [-0.2, 0) is 16.6 Å². The van der Waals surface area contributed by atoms with Gasteiger partial charge in [-0.15, -0.1) is 0 Å². The summed E-state index contributed by atoms with van der Waals surface area (Å²) < 4.78 is 2.03. The lowest BCUT2D eigenvalue weighted by Crippen LogP contribution is -2.49. The van der Waals surface area contributed by atoms with Crippen LogP contribution in [0.5, 0.6) is 0 Å². The van der Waals surface area contributed by atoms with Crippen molar-refractivity contribution in [2.24, 2.45) is 7.05 Å². The van der Waals surface area contributed by atoms with Crippen molar-refractivity contribution in [2.45, 2.75) is 19.3 Å². The molecule has 1 aliphatic rings. The van der Waals surface area contributed by atoms with E-state index in [1.165, 1.54) is 0 Å². The first-order valence-corrected chi connectivity index (χ1v) is 10.4. The summed E-state index contributed by atoms with van der Waals surface area (Å²) in [5.41, 5.74) is 1.89. The van der Waals surface area contributed by atoms with E-state index < -0.39 is 0 Å². The SMILES string of the molecule is Cn1ccc2c(NC(=O)CCCC(=O)N3CCN(c4ccccn4)CC3)cccc21. The largest absolute Gasteiger partial charge is 0.353 e. The van der Waals surface area contributed by atoms with Crippen molar-refractivity contribution in [2.75, 3.05) is 36.4 Å². The summed E-state index contributed by atoms with van der Waals surface area (Å²) >= 11 is 0. The molecule has 2 aromatic heterocycles. The van der Waals surface area contributed by atoms with Gasteiger partial charge in [0.1, 0.15) is 5.82 Å². The summed E-state index contributed by atoms with van der Waals surface area (Å²) in [5.74, 6) is 1.02. The average molecular weight is 406 g/mol. The molecule has 7 nitrogen and oxygen atoms in total. The topological polar surface area (TPSA) is 70.5 Å². The molecule has 4 rings (SSSR count). The number of amides is 2. The molecule has 0 spiro atoms. The second kappa shape index (κ2) is 8.98. The van der Waals surface area contributed by atoms with Crippen molar-refractivity contribution in [1.82, 2.24) is 14.5 Å². The molecule has 0 aliphatic carbocycles. The molecule has 156 valence electrons. The zero-order chi connectivity index (χ0) is 20.9. The molecule has 1 saturated heterocycles. The van der Waals surface area contributed by atoms with E-state index in [1.54, 1.807) is 6.20 Å². The maximum Gasteiger partial charge on any atom is 0.224 e. The lowest BCUT2D eigenvalue weighted by Gasteiger charge is -2.35. The second-order valence-electron chi connectivity index (χ2n) is 7.62. The Bertz CT molecular complexity index is 1020. The van der Waals surface area contributed by atoms with Crippen LogP contribution in [0.1, 0.15) is 19.3 Å². The van der Waals surface area contributed by atoms with Crippen LogP contribution in [0.2, 0.25) is 0 Å². The molecular formula is C23H27N5O2. The highest BCUT2D eigenvalue weighted by atomic mass is 16.2. The summed E-state index contributed by atoms with van der Waals surface area (Å²) in [6.45, 7) is 2.95. The third-order valence-corrected chi connectivity index (χ3v) is 5.60. The number of aryl methyl sites for hydroxylation is 1. The Labute approximate surface area is 176 Å². The van der Waals surface area contributed by atoms with Crippen LogP contribution in [0.3, 0.4) is 0 Å². The van der Waals surface area contributed by atoms with Gasteiger partial charge in [-0.2, -0.15) is 0 Å². The highest BCUT2D eigenvalue weighted by Crippen LogP contribution is 2.24. The second-order valence-corrected chi connectivity index (χ2v) is 7.62. The molecule has 1 fully saturated rings. The van der Waals surface area contributed by atoms with E-state index in [2.05, 4.69) is 15.2 Å². The number of piperazine rings is 1. The van der Waals surface area contributed by atoms with Gasteiger partial charge < -0.3 is 19.7 Å². The minimum absolute atomic E-state index is 0.0564. The standard InChI is InChI=1S/C23H27N5O2/c1-26-13-11-18-19(6-4-7-20(18)26)25-22(29)9-5-10-23(30)28-16-14-27(15-17-28)21-8-2-3-12-24-21/h2-4,6-8,11-13H,5,9-10,14-17H2,1H3,(H,25,29). The van der Waals surface area contributed by atoms with Gasteiger partial charge in [0, 0.05) is 69.4 Å². The molecule has 0 bridgehead atoms. The monoisotopic (exact) mass is 405 g/mol. The number of carbonyl (C=O) groups is 2. The number of carbonyl (C=O) groups excluding carboxylic acids is 2. The number of aromatic nitrogens is 2. The number of benzene rings is 1. The van der Waals surface area contributed by atoms with Crippen LogP contribution in [0.4, 0.5) is 11.5 Å². The van der Waals surface area contributed by atoms with Gasteiger partial charge in [-0.25, -0.2) is 4.98 Å². The molecule has 30 heavy (non-hydrogen) atoms. The van der Waals surface area contributed by atoms with E-state index in [9.17, 15) is 9.59 Å². The Kier molecular flexibility index (Phi) is 5.97. The maximum atomic E-state index is 12.5. The van der Waals surface area contributed by atoms with Crippen molar-refractivity contribution < 1.29 is 9.59 Å². The van der Waals surface area contributed by atoms with Gasteiger partial charge >= 0.3 is 0 Å². The molecule has 3 aromatic rings. The van der Waals surface area contributed by atoms with Gasteiger partial charge in [-0.05, 0) is 36.8 Å². The smallest absolute Gasteiger partial charge is 0.224 e. The normalized spacial score (nSPS) is 14.2. The Balaban J connectivity index is 1.21. The van der Waals surface area contributed by atoms with Crippen LogP contribution in [0.15, 0.2) is 54.9 Å². The fourth-order valence-corrected chi connectivity index (χ4v) is 3.91. The number of hydrogen-bond donors (Lipinski definition) is 1. The van der Waals surface area contributed by atoms with Crippen molar-refractivity contribution in [3.8, 4) is 0 Å². The first kappa shape index (κ1) is 19.9. The van der Waals surface area contributed by atoms with E-state index >= 15 is 0 Å². The molecule has 2 amide bonds. The minimum atomic E-state index is -0.0564. The summed E-state index contributed by atoms with van der Waals surface area (Å²) in [6, 6.07) is 13.7. The Morgan fingerprint density at radius 2 is 1.83 bits per heavy atom. The third-order valence-electron chi connectivity index (χ3n) is 5.60. The van der Waals surface area contributed by atoms with Crippen LogP contribution in [-0.4, -0.2) is 52.4 Å². The Hall–Kier alpha value is -3.35.